The van der Waals surface area contributed by atoms with E-state index < -0.39 is 0 Å². The molecule has 0 amide bonds. The van der Waals surface area contributed by atoms with Crippen LogP contribution in [-0.2, 0) is 6.42 Å². The first-order valence-electron chi connectivity index (χ1n) is 6.52. The normalized spacial score (nSPS) is 17.4. The number of hydrogen-bond donors (Lipinski definition) is 0. The molecule has 0 aromatic heterocycles. The van der Waals surface area contributed by atoms with Gasteiger partial charge in [0.15, 0.2) is 0 Å². The topological polar surface area (TPSA) is 34.1 Å². The van der Waals surface area contributed by atoms with Gasteiger partial charge in [0.1, 0.15) is 0 Å². The summed E-state index contributed by atoms with van der Waals surface area (Å²) in [7, 11) is 0. The predicted octanol–water partition coefficient (Wildman–Crippen LogP) is 2.76. The maximum absolute atomic E-state index is 11.8. The van der Waals surface area contributed by atoms with Crippen LogP contribution in [0.4, 0.5) is 0 Å². The molecule has 0 saturated carbocycles. The first-order valence-corrected chi connectivity index (χ1v) is 6.52. The Bertz CT molecular complexity index is 895. The van der Waals surface area contributed by atoms with Gasteiger partial charge in [0.05, 0.1) is 0 Å². The van der Waals surface area contributed by atoms with Crippen LogP contribution in [0.2, 0.25) is 0 Å². The van der Waals surface area contributed by atoms with Crippen LogP contribution in [0.25, 0.3) is 21.9 Å². The second kappa shape index (κ2) is 3.41. The highest BCUT2D eigenvalue weighted by atomic mass is 16.2. The minimum Gasteiger partial charge on any atom is -0.285 e. The lowest BCUT2D eigenvalue weighted by Crippen LogP contribution is -2.40. The fourth-order valence-corrected chi connectivity index (χ4v) is 3.35. The van der Waals surface area contributed by atoms with E-state index in [1.807, 2.05) is 31.2 Å². The summed E-state index contributed by atoms with van der Waals surface area (Å²) in [6.45, 7) is 2.03. The molecule has 1 aliphatic rings. The lowest BCUT2D eigenvalue weighted by atomic mass is 9.75. The maximum Gasteiger partial charge on any atom is 0.234 e. The molecule has 0 bridgehead atoms. The van der Waals surface area contributed by atoms with E-state index in [9.17, 15) is 9.59 Å². The molecule has 0 radical (unpaired) electrons. The largest absolute Gasteiger partial charge is 0.285 e. The highest BCUT2D eigenvalue weighted by Gasteiger charge is 2.32. The van der Waals surface area contributed by atoms with Gasteiger partial charge in [-0.25, -0.2) is 0 Å². The predicted molar refractivity (Wildman–Crippen MR) is 76.4 cm³/mol. The van der Waals surface area contributed by atoms with E-state index >= 15 is 0 Å². The average Bonchev–Trinajstić information content (AvgIpc) is 2.45. The Morgan fingerprint density at radius 3 is 2.63 bits per heavy atom. The molecule has 0 heterocycles. The summed E-state index contributed by atoms with van der Waals surface area (Å²) in [6, 6.07) is 12.2. The summed E-state index contributed by atoms with van der Waals surface area (Å²) in [5.41, 5.74) is 3.01. The van der Waals surface area contributed by atoms with Gasteiger partial charge >= 0.3 is 0 Å². The van der Waals surface area contributed by atoms with Crippen LogP contribution in [0, 0.1) is 0 Å². The molecule has 2 nitrogen and oxygen atoms in total. The molecule has 0 aliphatic heterocycles. The summed E-state index contributed by atoms with van der Waals surface area (Å²) < 4.78 is 0. The summed E-state index contributed by atoms with van der Waals surface area (Å²) in [4.78, 5) is 23.5. The van der Waals surface area contributed by atoms with Crippen molar-refractivity contribution in [3.8, 4) is 11.1 Å². The minimum absolute atomic E-state index is 0.151. The van der Waals surface area contributed by atoms with E-state index in [-0.39, 0.29) is 16.8 Å². The lowest BCUT2D eigenvalue weighted by molar-refractivity contribution is 0.735. The molecule has 3 aromatic rings. The zero-order valence-electron chi connectivity index (χ0n) is 10.6. The molecule has 19 heavy (non-hydrogen) atoms. The van der Waals surface area contributed by atoms with Crippen molar-refractivity contribution in [2.24, 2.45) is 0 Å². The van der Waals surface area contributed by atoms with Crippen molar-refractivity contribution >= 4 is 10.8 Å². The molecule has 0 saturated heterocycles. The maximum atomic E-state index is 11.8. The zero-order valence-corrected chi connectivity index (χ0v) is 10.6. The van der Waals surface area contributed by atoms with E-state index in [4.69, 9.17) is 0 Å². The standard InChI is InChI=1S/C17H12O2/c1-9-8-13-11-5-3-2-4-10(11)6-7-12(13)15-14(9)16(18)17(15)19/h2-7,9H,8H2,1H3. The molecule has 0 N–H and O–H groups in total. The lowest BCUT2D eigenvalue weighted by Gasteiger charge is -2.27. The smallest absolute Gasteiger partial charge is 0.234 e. The SMILES string of the molecule is CC1Cc2c(ccc3ccccc23)-c2c1c(=O)c2=O. The third-order valence-corrected chi connectivity index (χ3v) is 4.26. The van der Waals surface area contributed by atoms with Crippen LogP contribution in [0.3, 0.4) is 0 Å². The van der Waals surface area contributed by atoms with Gasteiger partial charge in [-0.3, -0.25) is 9.59 Å². The summed E-state index contributed by atoms with van der Waals surface area (Å²) in [5, 5.41) is 2.39. The molecule has 1 atom stereocenters. The number of fused-ring (bicyclic) bond motifs is 5. The number of hydrogen-bond acceptors (Lipinski definition) is 2. The van der Waals surface area contributed by atoms with E-state index in [0.717, 1.165) is 17.5 Å². The quantitative estimate of drug-likeness (QED) is 0.573. The Labute approximate surface area is 110 Å². The van der Waals surface area contributed by atoms with Gasteiger partial charge < -0.3 is 0 Å². The van der Waals surface area contributed by atoms with Gasteiger partial charge in [0.2, 0.25) is 10.9 Å². The average molecular weight is 248 g/mol. The summed E-state index contributed by atoms with van der Waals surface area (Å²) >= 11 is 0. The molecular weight excluding hydrogens is 236 g/mol. The van der Waals surface area contributed by atoms with E-state index in [2.05, 4.69) is 12.1 Å². The molecule has 0 spiro atoms. The third kappa shape index (κ3) is 1.21. The second-order valence-electron chi connectivity index (χ2n) is 5.36. The fraction of sp³-hybridized carbons (Fsp3) is 0.176. The Balaban J connectivity index is 2.14. The molecule has 0 fully saturated rings. The van der Waals surface area contributed by atoms with Crippen molar-refractivity contribution in [2.75, 3.05) is 0 Å². The van der Waals surface area contributed by atoms with Crippen molar-refractivity contribution in [1.82, 2.24) is 0 Å². The fourth-order valence-electron chi connectivity index (χ4n) is 3.35. The van der Waals surface area contributed by atoms with Crippen molar-refractivity contribution in [3.63, 3.8) is 0 Å². The Morgan fingerprint density at radius 1 is 1.00 bits per heavy atom. The van der Waals surface area contributed by atoms with Gasteiger partial charge in [-0.15, -0.1) is 0 Å². The van der Waals surface area contributed by atoms with Crippen molar-refractivity contribution < 1.29 is 0 Å². The van der Waals surface area contributed by atoms with Crippen LogP contribution in [0.15, 0.2) is 46.0 Å². The molecule has 1 unspecified atom stereocenters. The van der Waals surface area contributed by atoms with E-state index in [0.29, 0.717) is 5.56 Å². The highest BCUT2D eigenvalue weighted by Crippen LogP contribution is 2.40. The van der Waals surface area contributed by atoms with Gasteiger partial charge in [0.25, 0.3) is 0 Å². The molecular formula is C17H12O2. The van der Waals surface area contributed by atoms with Crippen molar-refractivity contribution in [1.29, 1.82) is 0 Å². The van der Waals surface area contributed by atoms with Crippen molar-refractivity contribution in [2.45, 2.75) is 19.3 Å². The Hall–Kier alpha value is -2.22. The molecule has 1 aliphatic carbocycles. The van der Waals surface area contributed by atoms with Crippen LogP contribution in [0.5, 0.6) is 0 Å². The second-order valence-corrected chi connectivity index (χ2v) is 5.36. The minimum atomic E-state index is -0.307. The first-order chi connectivity index (χ1) is 9.18. The van der Waals surface area contributed by atoms with Gasteiger partial charge in [0, 0.05) is 11.1 Å². The third-order valence-electron chi connectivity index (χ3n) is 4.26. The monoisotopic (exact) mass is 248 g/mol. The van der Waals surface area contributed by atoms with Gasteiger partial charge in [-0.1, -0.05) is 43.3 Å². The van der Waals surface area contributed by atoms with Gasteiger partial charge in [-0.2, -0.15) is 0 Å². The Morgan fingerprint density at radius 2 is 1.79 bits per heavy atom. The van der Waals surface area contributed by atoms with E-state index in [1.54, 1.807) is 0 Å². The van der Waals surface area contributed by atoms with Crippen LogP contribution in [-0.4, -0.2) is 0 Å². The molecule has 2 heteroatoms. The molecule has 3 aromatic carbocycles. The van der Waals surface area contributed by atoms with Gasteiger partial charge in [-0.05, 0) is 34.2 Å². The summed E-state index contributed by atoms with van der Waals surface area (Å²) in [6.07, 6.45) is 0.842. The first kappa shape index (κ1) is 10.7. The Kier molecular flexibility index (Phi) is 1.92. The molecule has 4 rings (SSSR count). The van der Waals surface area contributed by atoms with Crippen molar-refractivity contribution in [3.05, 3.63) is 68.0 Å². The molecule has 92 valence electrons. The summed E-state index contributed by atoms with van der Waals surface area (Å²) in [5.74, 6) is 0.151. The zero-order chi connectivity index (χ0) is 13.1. The number of benzene rings is 2. The van der Waals surface area contributed by atoms with E-state index in [1.165, 1.54) is 16.3 Å². The van der Waals surface area contributed by atoms with Crippen LogP contribution < -0.4 is 10.9 Å². The highest BCUT2D eigenvalue weighted by molar-refractivity contribution is 5.94. The number of rotatable bonds is 0. The van der Waals surface area contributed by atoms with Crippen LogP contribution in [0.1, 0.15) is 24.0 Å². The van der Waals surface area contributed by atoms with Crippen LogP contribution >= 0.6 is 0 Å².